The monoisotopic (exact) mass is 447 g/mol. The number of H-pyrrole nitrogens is 1. The molecule has 1 N–H and O–H groups in total. The van der Waals surface area contributed by atoms with Gasteiger partial charge in [0.05, 0.1) is 22.0 Å². The van der Waals surface area contributed by atoms with E-state index < -0.39 is 23.7 Å². The lowest BCUT2D eigenvalue weighted by Gasteiger charge is -2.39. The number of nitrogens with zero attached hydrogens (tertiary/aromatic N) is 2. The zero-order valence-corrected chi connectivity index (χ0v) is 17.3. The maximum Gasteiger partial charge on any atom is 0.265 e. The highest BCUT2D eigenvalue weighted by atomic mass is 35.5. The fraction of sp³-hybridized carbons (Fsp3) is 0.182. The predicted octanol–water partition coefficient (Wildman–Crippen LogP) is 5.48. The van der Waals surface area contributed by atoms with Gasteiger partial charge in [0.15, 0.2) is 0 Å². The fourth-order valence-electron chi connectivity index (χ4n) is 3.74. The average molecular weight is 448 g/mol. The second-order valence-electron chi connectivity index (χ2n) is 7.26. The van der Waals surface area contributed by atoms with Gasteiger partial charge in [0.1, 0.15) is 12.5 Å². The SMILES string of the molecule is Cc1cc(F)ccc1N1CN(c2ccc(=O)[nH]c2C)C(=O)c2cc(Cl)c(C(F)F)cc21. The number of halogens is 4. The van der Waals surface area contributed by atoms with Gasteiger partial charge in [-0.25, -0.2) is 13.2 Å². The van der Waals surface area contributed by atoms with E-state index >= 15 is 0 Å². The number of aryl methyl sites for hydroxylation is 2. The molecule has 0 bridgehead atoms. The Kier molecular flexibility index (Phi) is 5.26. The molecule has 5 nitrogen and oxygen atoms in total. The summed E-state index contributed by atoms with van der Waals surface area (Å²) in [5.74, 6) is -0.892. The first-order chi connectivity index (χ1) is 14.7. The van der Waals surface area contributed by atoms with Crippen LogP contribution >= 0.6 is 11.6 Å². The Labute approximate surface area is 180 Å². The molecule has 9 heteroatoms. The third kappa shape index (κ3) is 3.67. The van der Waals surface area contributed by atoms with Crippen LogP contribution in [0.25, 0.3) is 0 Å². The van der Waals surface area contributed by atoms with E-state index in [-0.39, 0.29) is 28.5 Å². The summed E-state index contributed by atoms with van der Waals surface area (Å²) in [7, 11) is 0. The Morgan fingerprint density at radius 2 is 1.68 bits per heavy atom. The Hall–Kier alpha value is -3.26. The smallest absolute Gasteiger partial charge is 0.265 e. The number of carbonyl (C=O) groups excluding carboxylic acids is 1. The molecule has 1 aromatic heterocycles. The Balaban J connectivity index is 1.95. The van der Waals surface area contributed by atoms with Crippen LogP contribution in [0.5, 0.6) is 0 Å². The van der Waals surface area contributed by atoms with E-state index in [1.54, 1.807) is 18.7 Å². The molecule has 3 aromatic rings. The van der Waals surface area contributed by atoms with Crippen molar-refractivity contribution in [2.75, 3.05) is 16.5 Å². The maximum absolute atomic E-state index is 13.7. The lowest BCUT2D eigenvalue weighted by Crippen LogP contribution is -2.45. The number of hydrogen-bond donors (Lipinski definition) is 1. The predicted molar refractivity (Wildman–Crippen MR) is 113 cm³/mol. The van der Waals surface area contributed by atoms with E-state index in [0.29, 0.717) is 22.6 Å². The minimum Gasteiger partial charge on any atom is -0.324 e. The molecule has 2 aromatic carbocycles. The van der Waals surface area contributed by atoms with Crippen LogP contribution in [-0.4, -0.2) is 17.6 Å². The number of amides is 1. The first kappa shape index (κ1) is 21.0. The first-order valence-corrected chi connectivity index (χ1v) is 9.72. The normalized spacial score (nSPS) is 13.7. The van der Waals surface area contributed by atoms with Crippen molar-refractivity contribution >= 4 is 34.6 Å². The second kappa shape index (κ2) is 7.77. The average Bonchev–Trinajstić information content (AvgIpc) is 2.69. The van der Waals surface area contributed by atoms with Crippen molar-refractivity contribution in [3.8, 4) is 0 Å². The summed E-state index contributed by atoms with van der Waals surface area (Å²) >= 11 is 6.05. The molecule has 0 saturated heterocycles. The summed E-state index contributed by atoms with van der Waals surface area (Å²) < 4.78 is 40.7. The molecule has 0 saturated carbocycles. The number of benzene rings is 2. The van der Waals surface area contributed by atoms with Crippen molar-refractivity contribution in [2.24, 2.45) is 0 Å². The standard InChI is InChI=1S/C22H17ClF3N3O2/c1-11-7-13(24)3-4-17(11)28-10-29(18-5-6-20(30)27-12(18)2)22(31)15-8-16(23)14(21(25)26)9-19(15)28/h3-9,21H,10H2,1-2H3,(H,27,30). The van der Waals surface area contributed by atoms with E-state index in [9.17, 15) is 22.8 Å². The molecule has 0 radical (unpaired) electrons. The summed E-state index contributed by atoms with van der Waals surface area (Å²) in [4.78, 5) is 30.6. The quantitative estimate of drug-likeness (QED) is 0.578. The zero-order chi connectivity index (χ0) is 22.4. The van der Waals surface area contributed by atoms with E-state index in [1.807, 2.05) is 0 Å². The number of aromatic amines is 1. The number of hydrogen-bond acceptors (Lipinski definition) is 3. The molecule has 0 aliphatic carbocycles. The molecule has 0 fully saturated rings. The topological polar surface area (TPSA) is 56.4 Å². The van der Waals surface area contributed by atoms with Crippen molar-refractivity contribution in [3.63, 3.8) is 0 Å². The number of nitrogens with one attached hydrogen (secondary N) is 1. The molecule has 2 heterocycles. The Bertz CT molecular complexity index is 1260. The molecular weight excluding hydrogens is 431 g/mol. The van der Waals surface area contributed by atoms with Crippen LogP contribution < -0.4 is 15.4 Å². The lowest BCUT2D eigenvalue weighted by atomic mass is 10.0. The van der Waals surface area contributed by atoms with Crippen molar-refractivity contribution in [2.45, 2.75) is 20.3 Å². The highest BCUT2D eigenvalue weighted by molar-refractivity contribution is 6.32. The minimum absolute atomic E-state index is 0.0322. The second-order valence-corrected chi connectivity index (χ2v) is 7.67. The molecule has 0 atom stereocenters. The van der Waals surface area contributed by atoms with E-state index in [2.05, 4.69) is 4.98 Å². The van der Waals surface area contributed by atoms with E-state index in [1.165, 1.54) is 47.4 Å². The van der Waals surface area contributed by atoms with Crippen LogP contribution in [-0.2, 0) is 0 Å². The number of fused-ring (bicyclic) bond motifs is 1. The lowest BCUT2D eigenvalue weighted by molar-refractivity contribution is 0.0982. The molecule has 4 rings (SSSR count). The van der Waals surface area contributed by atoms with Crippen LogP contribution in [0.15, 0.2) is 47.3 Å². The van der Waals surface area contributed by atoms with Gasteiger partial charge in [-0.1, -0.05) is 11.6 Å². The highest BCUT2D eigenvalue weighted by Crippen LogP contribution is 2.41. The molecule has 1 aliphatic rings. The van der Waals surface area contributed by atoms with Gasteiger partial charge < -0.3 is 9.88 Å². The third-order valence-electron chi connectivity index (χ3n) is 5.23. The van der Waals surface area contributed by atoms with Gasteiger partial charge in [-0.2, -0.15) is 0 Å². The van der Waals surface area contributed by atoms with E-state index in [4.69, 9.17) is 11.6 Å². The number of rotatable bonds is 3. The summed E-state index contributed by atoms with van der Waals surface area (Å²) in [5, 5.41) is -0.224. The van der Waals surface area contributed by atoms with Gasteiger partial charge in [0.25, 0.3) is 12.3 Å². The minimum atomic E-state index is -2.83. The van der Waals surface area contributed by atoms with Crippen molar-refractivity contribution in [3.05, 3.63) is 86.0 Å². The maximum atomic E-state index is 13.7. The molecule has 1 aliphatic heterocycles. The number of carbonyl (C=O) groups is 1. The molecule has 31 heavy (non-hydrogen) atoms. The molecule has 160 valence electrons. The Morgan fingerprint density at radius 1 is 0.968 bits per heavy atom. The van der Waals surface area contributed by atoms with Crippen LogP contribution in [0.3, 0.4) is 0 Å². The van der Waals surface area contributed by atoms with Gasteiger partial charge in [-0.15, -0.1) is 0 Å². The van der Waals surface area contributed by atoms with Gasteiger partial charge >= 0.3 is 0 Å². The summed E-state index contributed by atoms with van der Waals surface area (Å²) in [6.45, 7) is 3.31. The Morgan fingerprint density at radius 3 is 2.32 bits per heavy atom. The summed E-state index contributed by atoms with van der Waals surface area (Å²) in [6.07, 6.45) is -2.83. The number of anilines is 3. The highest BCUT2D eigenvalue weighted by Gasteiger charge is 2.34. The summed E-state index contributed by atoms with van der Waals surface area (Å²) in [6, 6.07) is 9.34. The van der Waals surface area contributed by atoms with Gasteiger partial charge in [0.2, 0.25) is 5.56 Å². The van der Waals surface area contributed by atoms with Crippen LogP contribution in [0.2, 0.25) is 5.02 Å². The van der Waals surface area contributed by atoms with Crippen molar-refractivity contribution in [1.82, 2.24) is 4.98 Å². The zero-order valence-electron chi connectivity index (χ0n) is 16.5. The van der Waals surface area contributed by atoms with Crippen molar-refractivity contribution < 1.29 is 18.0 Å². The molecular formula is C22H17ClF3N3O2. The van der Waals surface area contributed by atoms with Gasteiger partial charge in [-0.3, -0.25) is 14.5 Å². The van der Waals surface area contributed by atoms with Crippen molar-refractivity contribution in [1.29, 1.82) is 0 Å². The van der Waals surface area contributed by atoms with E-state index in [0.717, 1.165) is 0 Å². The molecule has 1 amide bonds. The number of alkyl halides is 2. The van der Waals surface area contributed by atoms with Crippen LogP contribution in [0, 0.1) is 19.7 Å². The molecule has 0 spiro atoms. The number of aromatic nitrogens is 1. The fourth-order valence-corrected chi connectivity index (χ4v) is 3.99. The summed E-state index contributed by atoms with van der Waals surface area (Å²) in [5.41, 5.74) is 1.68. The van der Waals surface area contributed by atoms with Gasteiger partial charge in [0, 0.05) is 23.0 Å². The first-order valence-electron chi connectivity index (χ1n) is 9.34. The largest absolute Gasteiger partial charge is 0.324 e. The van der Waals surface area contributed by atoms with Crippen LogP contribution in [0.1, 0.15) is 33.6 Å². The third-order valence-corrected chi connectivity index (χ3v) is 5.55. The van der Waals surface area contributed by atoms with Gasteiger partial charge in [-0.05, 0) is 55.8 Å². The molecule has 0 unspecified atom stereocenters. The number of pyridine rings is 1. The van der Waals surface area contributed by atoms with Crippen LogP contribution in [0.4, 0.5) is 30.2 Å².